The molecule has 38 heavy (non-hydrogen) atoms. The molecule has 2 aromatic carbocycles. The van der Waals surface area contributed by atoms with Crippen molar-refractivity contribution in [3.8, 4) is 11.1 Å². The quantitative estimate of drug-likeness (QED) is 0.279. The zero-order chi connectivity index (χ0) is 26.8. The third kappa shape index (κ3) is 5.39. The summed E-state index contributed by atoms with van der Waals surface area (Å²) < 4.78 is 1.68. The molecule has 1 aliphatic heterocycles. The molecule has 2 aromatic heterocycles. The van der Waals surface area contributed by atoms with Gasteiger partial charge in [-0.2, -0.15) is 4.98 Å². The van der Waals surface area contributed by atoms with E-state index in [0.29, 0.717) is 40.3 Å². The number of thioether (sulfide) groups is 1. The number of halogens is 1. The average molecular weight is 549 g/mol. The van der Waals surface area contributed by atoms with Crippen molar-refractivity contribution in [1.82, 2.24) is 19.4 Å². The highest BCUT2D eigenvalue weighted by atomic mass is 35.5. The Hall–Kier alpha value is -3.07. The number of nitrogens with one attached hydrogen (secondary N) is 1. The van der Waals surface area contributed by atoms with Crippen molar-refractivity contribution in [1.29, 1.82) is 0 Å². The Balaban J connectivity index is 1.38. The van der Waals surface area contributed by atoms with E-state index in [-0.39, 0.29) is 5.56 Å². The molecule has 1 saturated heterocycles. The number of anilines is 3. The second kappa shape index (κ2) is 11.4. The minimum Gasteiger partial charge on any atom is -0.369 e. The largest absolute Gasteiger partial charge is 0.369 e. The molecule has 4 aromatic rings. The summed E-state index contributed by atoms with van der Waals surface area (Å²) in [4.78, 5) is 28.7. The van der Waals surface area contributed by atoms with Gasteiger partial charge in [0.25, 0.3) is 5.56 Å². The average Bonchev–Trinajstić information content (AvgIpc) is 2.93. The van der Waals surface area contributed by atoms with E-state index >= 15 is 0 Å². The number of rotatable bonds is 7. The molecule has 1 fully saturated rings. The smallest absolute Gasteiger partial charge is 0.260 e. The van der Waals surface area contributed by atoms with Crippen LogP contribution in [0.2, 0.25) is 5.02 Å². The summed E-state index contributed by atoms with van der Waals surface area (Å²) in [7, 11) is 0. The summed E-state index contributed by atoms with van der Waals surface area (Å²) in [6.45, 7) is 11.2. The molecule has 0 bridgehead atoms. The van der Waals surface area contributed by atoms with Gasteiger partial charge in [-0.25, -0.2) is 4.98 Å². The minimum atomic E-state index is -0.120. The number of hydrogen-bond donors (Lipinski definition) is 1. The van der Waals surface area contributed by atoms with Gasteiger partial charge >= 0.3 is 0 Å². The molecule has 9 heteroatoms. The van der Waals surface area contributed by atoms with Gasteiger partial charge in [0.2, 0.25) is 5.95 Å². The molecule has 0 spiro atoms. The third-order valence-electron chi connectivity index (χ3n) is 7.14. The molecule has 7 nitrogen and oxygen atoms in total. The second-order valence-electron chi connectivity index (χ2n) is 9.71. The SMILES string of the molecule is CCn1c(=O)c(-c2ccc(SC)cc2Cl)cc2cnc(Nc3ccc(N4CCN(C(C)C)CC4)cc3)nc21. The Labute approximate surface area is 232 Å². The Kier molecular flexibility index (Phi) is 7.93. The van der Waals surface area contributed by atoms with Crippen molar-refractivity contribution in [2.24, 2.45) is 0 Å². The molecule has 0 aliphatic carbocycles. The Morgan fingerprint density at radius 2 is 1.76 bits per heavy atom. The van der Waals surface area contributed by atoms with Crippen LogP contribution >= 0.6 is 23.4 Å². The van der Waals surface area contributed by atoms with Crippen LogP contribution in [0.1, 0.15) is 20.8 Å². The van der Waals surface area contributed by atoms with Gasteiger partial charge in [0.15, 0.2) is 0 Å². The zero-order valence-corrected chi connectivity index (χ0v) is 23.8. The van der Waals surface area contributed by atoms with E-state index in [4.69, 9.17) is 16.6 Å². The van der Waals surface area contributed by atoms with Crippen LogP contribution in [0.3, 0.4) is 0 Å². The highest BCUT2D eigenvalue weighted by Gasteiger charge is 2.19. The fraction of sp³-hybridized carbons (Fsp3) is 0.345. The zero-order valence-electron chi connectivity index (χ0n) is 22.2. The van der Waals surface area contributed by atoms with Gasteiger partial charge in [0.05, 0.1) is 0 Å². The van der Waals surface area contributed by atoms with Crippen molar-refractivity contribution >= 4 is 51.7 Å². The molecule has 0 amide bonds. The van der Waals surface area contributed by atoms with E-state index in [1.165, 1.54) is 5.69 Å². The second-order valence-corrected chi connectivity index (χ2v) is 11.0. The van der Waals surface area contributed by atoms with Gasteiger partial charge in [-0.05, 0) is 69.5 Å². The van der Waals surface area contributed by atoms with Crippen LogP contribution in [0.5, 0.6) is 0 Å². The Morgan fingerprint density at radius 3 is 2.39 bits per heavy atom. The number of benzene rings is 2. The molecule has 1 aliphatic rings. The number of nitrogens with zero attached hydrogens (tertiary/aromatic N) is 5. The Bertz CT molecular complexity index is 1500. The fourth-order valence-electron chi connectivity index (χ4n) is 4.93. The summed E-state index contributed by atoms with van der Waals surface area (Å²) in [6, 6.07) is 16.6. The molecule has 1 N–H and O–H groups in total. The minimum absolute atomic E-state index is 0.120. The molecule has 3 heterocycles. The van der Waals surface area contributed by atoms with Crippen LogP contribution in [-0.4, -0.2) is 57.9 Å². The standard InChI is InChI=1S/C29H33ClN6OS/c1-5-36-27-20(16-25(28(36)37)24-11-10-23(38-4)17-26(24)30)18-31-29(33-27)32-21-6-8-22(9-7-21)35-14-12-34(13-15-35)19(2)3/h6-11,16-19H,5,12-15H2,1-4H3,(H,31,32,33). The Morgan fingerprint density at radius 1 is 1.03 bits per heavy atom. The normalized spacial score (nSPS) is 14.4. The lowest BCUT2D eigenvalue weighted by Gasteiger charge is -2.38. The number of aryl methyl sites for hydroxylation is 1. The molecular weight excluding hydrogens is 516 g/mol. The summed E-state index contributed by atoms with van der Waals surface area (Å²) >= 11 is 8.16. The molecule has 0 saturated carbocycles. The van der Waals surface area contributed by atoms with Gasteiger partial charge in [0.1, 0.15) is 5.65 Å². The maximum atomic E-state index is 13.4. The summed E-state index contributed by atoms with van der Waals surface area (Å²) in [5.41, 5.74) is 3.85. The highest BCUT2D eigenvalue weighted by Crippen LogP contribution is 2.31. The van der Waals surface area contributed by atoms with E-state index in [0.717, 1.165) is 42.1 Å². The summed E-state index contributed by atoms with van der Waals surface area (Å²) in [6.07, 6.45) is 3.75. The first-order valence-corrected chi connectivity index (χ1v) is 14.6. The lowest BCUT2D eigenvalue weighted by atomic mass is 10.1. The van der Waals surface area contributed by atoms with Crippen LogP contribution in [0.25, 0.3) is 22.2 Å². The molecule has 0 atom stereocenters. The maximum absolute atomic E-state index is 13.4. The van der Waals surface area contributed by atoms with E-state index in [1.54, 1.807) is 22.5 Å². The predicted octanol–water partition coefficient (Wildman–Crippen LogP) is 6.13. The van der Waals surface area contributed by atoms with Crippen LogP contribution in [0.15, 0.2) is 64.4 Å². The number of fused-ring (bicyclic) bond motifs is 1. The molecule has 198 valence electrons. The number of hydrogen-bond acceptors (Lipinski definition) is 7. The first-order chi connectivity index (χ1) is 18.4. The van der Waals surface area contributed by atoms with E-state index < -0.39 is 0 Å². The number of piperazine rings is 1. The van der Waals surface area contributed by atoms with Crippen LogP contribution in [0, 0.1) is 0 Å². The highest BCUT2D eigenvalue weighted by molar-refractivity contribution is 7.98. The van der Waals surface area contributed by atoms with Crippen molar-refractivity contribution < 1.29 is 0 Å². The number of pyridine rings is 1. The van der Waals surface area contributed by atoms with Crippen molar-refractivity contribution in [3.63, 3.8) is 0 Å². The molecule has 0 radical (unpaired) electrons. The van der Waals surface area contributed by atoms with Gasteiger partial charge in [0, 0.05) is 82.8 Å². The predicted molar refractivity (Wildman–Crippen MR) is 160 cm³/mol. The summed E-state index contributed by atoms with van der Waals surface area (Å²) in [5.74, 6) is 0.451. The van der Waals surface area contributed by atoms with Gasteiger partial charge in [-0.1, -0.05) is 17.7 Å². The van der Waals surface area contributed by atoms with Gasteiger partial charge in [-0.15, -0.1) is 11.8 Å². The third-order valence-corrected chi connectivity index (χ3v) is 8.18. The summed E-state index contributed by atoms with van der Waals surface area (Å²) in [5, 5.41) is 4.64. The van der Waals surface area contributed by atoms with Crippen LogP contribution in [0.4, 0.5) is 17.3 Å². The van der Waals surface area contributed by atoms with Gasteiger partial charge in [-0.3, -0.25) is 14.3 Å². The topological polar surface area (TPSA) is 66.3 Å². The monoisotopic (exact) mass is 548 g/mol. The van der Waals surface area contributed by atoms with E-state index in [1.807, 2.05) is 49.6 Å². The van der Waals surface area contributed by atoms with Crippen molar-refractivity contribution in [3.05, 3.63) is 70.1 Å². The first-order valence-electron chi connectivity index (χ1n) is 13.0. The van der Waals surface area contributed by atoms with Crippen molar-refractivity contribution in [2.45, 2.75) is 38.3 Å². The maximum Gasteiger partial charge on any atom is 0.260 e. The lowest BCUT2D eigenvalue weighted by Crippen LogP contribution is -2.48. The van der Waals surface area contributed by atoms with E-state index in [2.05, 4.69) is 46.1 Å². The van der Waals surface area contributed by atoms with Crippen LogP contribution < -0.4 is 15.8 Å². The van der Waals surface area contributed by atoms with Crippen molar-refractivity contribution in [2.75, 3.05) is 42.7 Å². The van der Waals surface area contributed by atoms with Crippen LogP contribution in [-0.2, 0) is 6.54 Å². The first kappa shape index (κ1) is 26.5. The molecular formula is C29H33ClN6OS. The fourth-order valence-corrected chi connectivity index (χ4v) is 5.71. The molecule has 5 rings (SSSR count). The van der Waals surface area contributed by atoms with Gasteiger partial charge < -0.3 is 10.2 Å². The van der Waals surface area contributed by atoms with E-state index in [9.17, 15) is 4.79 Å². The number of aromatic nitrogens is 3. The molecule has 0 unspecified atom stereocenters. The lowest BCUT2D eigenvalue weighted by molar-refractivity contribution is 0.209.